The molecule has 2 aliphatic heterocycles. The third kappa shape index (κ3) is 2.56. The molecule has 0 bridgehead atoms. The lowest BCUT2D eigenvalue weighted by Gasteiger charge is -2.37. The van der Waals surface area contributed by atoms with Gasteiger partial charge in [-0.15, -0.1) is 0 Å². The second-order valence-corrected chi connectivity index (χ2v) is 6.00. The van der Waals surface area contributed by atoms with Gasteiger partial charge in [-0.05, 0) is 39.0 Å². The van der Waals surface area contributed by atoms with Crippen LogP contribution in [-0.2, 0) is 6.54 Å². The van der Waals surface area contributed by atoms with Crippen LogP contribution >= 0.6 is 11.6 Å². The minimum absolute atomic E-state index is 0.282. The Balaban J connectivity index is 1.91. The van der Waals surface area contributed by atoms with Crippen LogP contribution in [-0.4, -0.2) is 25.0 Å². The van der Waals surface area contributed by atoms with Gasteiger partial charge in [0.05, 0.1) is 0 Å². The van der Waals surface area contributed by atoms with E-state index >= 15 is 0 Å². The van der Waals surface area contributed by atoms with Crippen molar-refractivity contribution in [1.82, 2.24) is 4.90 Å². The Morgan fingerprint density at radius 3 is 2.79 bits per heavy atom. The Bertz CT molecular complexity index is 507. The molecule has 0 aliphatic carbocycles. The molecule has 0 amide bonds. The molecule has 0 aromatic heterocycles. The molecule has 1 aromatic rings. The maximum atomic E-state index is 12.3. The standard InChI is InChI=1S/C15H19ClN2O/c1-17-7-5-11(6-8-17)15-9-13-12(10-18(15)19)3-2-4-14(13)16/h2-4,9,11,18H,5-8,10H2,1H3. The van der Waals surface area contributed by atoms with Crippen LogP contribution in [0, 0.1) is 11.1 Å². The zero-order chi connectivity index (χ0) is 13.4. The van der Waals surface area contributed by atoms with Crippen molar-refractivity contribution >= 4 is 17.7 Å². The highest BCUT2D eigenvalue weighted by Gasteiger charge is 2.28. The van der Waals surface area contributed by atoms with E-state index in [2.05, 4.69) is 11.9 Å². The van der Waals surface area contributed by atoms with Gasteiger partial charge in [0, 0.05) is 28.1 Å². The number of fused-ring (bicyclic) bond motifs is 1. The molecule has 4 heteroatoms. The summed E-state index contributed by atoms with van der Waals surface area (Å²) in [6.07, 6.45) is 4.20. The van der Waals surface area contributed by atoms with Gasteiger partial charge >= 0.3 is 0 Å². The molecule has 0 radical (unpaired) electrons. The molecule has 1 unspecified atom stereocenters. The average Bonchev–Trinajstić information content (AvgIpc) is 2.40. The molecular formula is C15H19ClN2O. The van der Waals surface area contributed by atoms with Gasteiger partial charge in [0.1, 0.15) is 12.2 Å². The van der Waals surface area contributed by atoms with Crippen molar-refractivity contribution in [2.24, 2.45) is 5.92 Å². The first kappa shape index (κ1) is 13.1. The molecule has 1 N–H and O–H groups in total. The van der Waals surface area contributed by atoms with Crippen molar-refractivity contribution in [3.8, 4) is 0 Å². The van der Waals surface area contributed by atoms with Gasteiger partial charge < -0.3 is 15.2 Å². The van der Waals surface area contributed by atoms with Crippen molar-refractivity contribution in [2.75, 3.05) is 20.1 Å². The topological polar surface area (TPSA) is 30.7 Å². The number of quaternary nitrogens is 1. The molecule has 1 fully saturated rings. The van der Waals surface area contributed by atoms with Gasteiger partial charge in [0.25, 0.3) is 0 Å². The van der Waals surface area contributed by atoms with Crippen molar-refractivity contribution in [2.45, 2.75) is 19.4 Å². The first-order valence-electron chi connectivity index (χ1n) is 6.86. The number of allylic oxidation sites excluding steroid dienone is 1. The van der Waals surface area contributed by atoms with E-state index in [0.717, 1.165) is 47.8 Å². The van der Waals surface area contributed by atoms with Crippen molar-refractivity contribution < 1.29 is 5.06 Å². The Kier molecular flexibility index (Phi) is 3.63. The van der Waals surface area contributed by atoms with Gasteiger partial charge in [-0.1, -0.05) is 23.7 Å². The summed E-state index contributed by atoms with van der Waals surface area (Å²) in [5, 5.41) is 13.4. The molecule has 3 nitrogen and oxygen atoms in total. The smallest absolute Gasteiger partial charge is 0.111 e. The molecule has 2 heterocycles. The Morgan fingerprint density at radius 2 is 2.05 bits per heavy atom. The lowest BCUT2D eigenvalue weighted by Crippen LogP contribution is -3.05. The largest absolute Gasteiger partial charge is 0.629 e. The van der Waals surface area contributed by atoms with Crippen LogP contribution in [0.5, 0.6) is 0 Å². The van der Waals surface area contributed by atoms with E-state index in [1.807, 2.05) is 24.3 Å². The second kappa shape index (κ2) is 5.25. The number of nitrogens with one attached hydrogen (secondary N) is 1. The molecule has 2 aliphatic rings. The maximum Gasteiger partial charge on any atom is 0.111 e. The number of benzene rings is 1. The summed E-state index contributed by atoms with van der Waals surface area (Å²) < 4.78 is 0. The molecule has 3 rings (SSSR count). The van der Waals surface area contributed by atoms with Crippen LogP contribution < -0.4 is 5.06 Å². The Morgan fingerprint density at radius 1 is 1.32 bits per heavy atom. The number of halogens is 1. The second-order valence-electron chi connectivity index (χ2n) is 5.59. The van der Waals surface area contributed by atoms with Crippen LogP contribution in [0.4, 0.5) is 0 Å². The molecule has 1 saturated heterocycles. The Labute approximate surface area is 119 Å². The van der Waals surface area contributed by atoms with Gasteiger partial charge in [-0.3, -0.25) is 0 Å². The van der Waals surface area contributed by atoms with E-state index in [4.69, 9.17) is 11.6 Å². The zero-order valence-electron chi connectivity index (χ0n) is 11.2. The first-order valence-corrected chi connectivity index (χ1v) is 7.23. The number of likely N-dealkylation sites (tertiary alicyclic amines) is 1. The van der Waals surface area contributed by atoms with E-state index in [1.165, 1.54) is 0 Å². The molecule has 1 aromatic carbocycles. The highest BCUT2D eigenvalue weighted by Crippen LogP contribution is 2.29. The minimum Gasteiger partial charge on any atom is -0.629 e. The van der Waals surface area contributed by atoms with Crippen LogP contribution in [0.15, 0.2) is 23.9 Å². The summed E-state index contributed by atoms with van der Waals surface area (Å²) in [5.41, 5.74) is 3.11. The number of hydrogen-bond acceptors (Lipinski definition) is 2. The summed E-state index contributed by atoms with van der Waals surface area (Å²) in [6, 6.07) is 5.82. The third-order valence-electron chi connectivity index (χ3n) is 4.27. The van der Waals surface area contributed by atoms with Crippen LogP contribution in [0.2, 0.25) is 5.02 Å². The highest BCUT2D eigenvalue weighted by atomic mass is 35.5. The summed E-state index contributed by atoms with van der Waals surface area (Å²) in [7, 11) is 2.14. The lowest BCUT2D eigenvalue weighted by molar-refractivity contribution is -0.825. The first-order chi connectivity index (χ1) is 9.15. The fraction of sp³-hybridized carbons (Fsp3) is 0.467. The third-order valence-corrected chi connectivity index (χ3v) is 4.60. The van der Waals surface area contributed by atoms with Crippen molar-refractivity contribution in [3.63, 3.8) is 0 Å². The summed E-state index contributed by atoms with van der Waals surface area (Å²) in [4.78, 5) is 2.32. The summed E-state index contributed by atoms with van der Waals surface area (Å²) in [5.74, 6) is 0.410. The van der Waals surface area contributed by atoms with E-state index in [9.17, 15) is 5.21 Å². The van der Waals surface area contributed by atoms with E-state index in [1.54, 1.807) is 0 Å². The number of piperidine rings is 1. The fourth-order valence-corrected chi connectivity index (χ4v) is 3.32. The molecule has 1 atom stereocenters. The summed E-state index contributed by atoms with van der Waals surface area (Å²) >= 11 is 6.25. The maximum absolute atomic E-state index is 12.3. The lowest BCUT2D eigenvalue weighted by atomic mass is 9.89. The van der Waals surface area contributed by atoms with Crippen LogP contribution in [0.3, 0.4) is 0 Å². The average molecular weight is 279 g/mol. The number of hydroxylamine groups is 2. The molecule has 0 spiro atoms. The predicted octanol–water partition coefficient (Wildman–Crippen LogP) is 1.92. The normalized spacial score (nSPS) is 25.0. The molecule has 102 valence electrons. The van der Waals surface area contributed by atoms with Crippen molar-refractivity contribution in [3.05, 3.63) is 45.3 Å². The summed E-state index contributed by atoms with van der Waals surface area (Å²) in [6.45, 7) is 2.66. The number of hydrogen-bond donors (Lipinski definition) is 1. The predicted molar refractivity (Wildman–Crippen MR) is 77.7 cm³/mol. The van der Waals surface area contributed by atoms with E-state index in [0.29, 0.717) is 12.5 Å². The molecule has 19 heavy (non-hydrogen) atoms. The van der Waals surface area contributed by atoms with Crippen molar-refractivity contribution in [1.29, 1.82) is 0 Å². The number of rotatable bonds is 1. The number of nitrogens with zero attached hydrogens (tertiary/aromatic N) is 1. The fourth-order valence-electron chi connectivity index (χ4n) is 3.07. The molecule has 0 saturated carbocycles. The van der Waals surface area contributed by atoms with Gasteiger partial charge in [0.2, 0.25) is 0 Å². The quantitative estimate of drug-likeness (QED) is 0.796. The SMILES string of the molecule is CN1CCC(C2=Cc3c(Cl)cccc3C[NH+]2[O-])CC1. The van der Waals surface area contributed by atoms with Gasteiger partial charge in [-0.2, -0.15) is 0 Å². The highest BCUT2D eigenvalue weighted by molar-refractivity contribution is 6.32. The van der Waals surface area contributed by atoms with E-state index < -0.39 is 0 Å². The van der Waals surface area contributed by atoms with E-state index in [-0.39, 0.29) is 5.06 Å². The Hall–Kier alpha value is -0.870. The zero-order valence-corrected chi connectivity index (χ0v) is 11.9. The van der Waals surface area contributed by atoms with Crippen LogP contribution in [0.25, 0.3) is 6.08 Å². The van der Waals surface area contributed by atoms with Crippen LogP contribution in [0.1, 0.15) is 24.0 Å². The minimum atomic E-state index is 0.282. The monoisotopic (exact) mass is 278 g/mol. The van der Waals surface area contributed by atoms with Gasteiger partial charge in [0.15, 0.2) is 0 Å². The molecular weight excluding hydrogens is 260 g/mol. The van der Waals surface area contributed by atoms with Gasteiger partial charge in [-0.25, -0.2) is 0 Å².